The molecule has 2 aliphatic rings. The third-order valence-corrected chi connectivity index (χ3v) is 3.89. The molecule has 0 aromatic heterocycles. The number of aliphatic carboxylic acids is 1. The standard InChI is InChI=1S/C12H21N3O3/c1-9(12(17)18)14-5-7-15(8-6-14)11(16)10-3-2-4-13-10/h9-10,13H,2-8H2,1H3,(H,17,18). The van der Waals surface area contributed by atoms with E-state index in [1.807, 2.05) is 9.80 Å². The van der Waals surface area contributed by atoms with Gasteiger partial charge < -0.3 is 15.3 Å². The molecule has 2 heterocycles. The molecule has 6 nitrogen and oxygen atoms in total. The Kier molecular flexibility index (Phi) is 4.19. The van der Waals surface area contributed by atoms with Gasteiger partial charge in [0.1, 0.15) is 6.04 Å². The van der Waals surface area contributed by atoms with Gasteiger partial charge in [-0.15, -0.1) is 0 Å². The van der Waals surface area contributed by atoms with Crippen LogP contribution >= 0.6 is 0 Å². The average molecular weight is 255 g/mol. The summed E-state index contributed by atoms with van der Waals surface area (Å²) in [4.78, 5) is 26.8. The molecular formula is C12H21N3O3. The molecule has 2 saturated heterocycles. The van der Waals surface area contributed by atoms with E-state index in [1.54, 1.807) is 6.92 Å². The summed E-state index contributed by atoms with van der Waals surface area (Å²) in [5.74, 6) is -0.623. The first kappa shape index (κ1) is 13.3. The number of hydrogen-bond donors (Lipinski definition) is 2. The van der Waals surface area contributed by atoms with Crippen molar-refractivity contribution in [1.29, 1.82) is 0 Å². The molecule has 18 heavy (non-hydrogen) atoms. The van der Waals surface area contributed by atoms with Crippen LogP contribution in [0.3, 0.4) is 0 Å². The molecule has 2 unspecified atom stereocenters. The fraction of sp³-hybridized carbons (Fsp3) is 0.833. The van der Waals surface area contributed by atoms with Gasteiger partial charge in [0.25, 0.3) is 0 Å². The van der Waals surface area contributed by atoms with Crippen LogP contribution < -0.4 is 5.32 Å². The number of piperazine rings is 1. The molecule has 0 saturated carbocycles. The van der Waals surface area contributed by atoms with E-state index in [-0.39, 0.29) is 11.9 Å². The Hall–Kier alpha value is -1.14. The van der Waals surface area contributed by atoms with Gasteiger partial charge in [-0.2, -0.15) is 0 Å². The first-order valence-corrected chi connectivity index (χ1v) is 6.58. The minimum atomic E-state index is -0.799. The largest absolute Gasteiger partial charge is 0.480 e. The Morgan fingerprint density at radius 2 is 1.94 bits per heavy atom. The minimum Gasteiger partial charge on any atom is -0.480 e. The van der Waals surface area contributed by atoms with Gasteiger partial charge in [-0.3, -0.25) is 14.5 Å². The maximum absolute atomic E-state index is 12.1. The summed E-state index contributed by atoms with van der Waals surface area (Å²) < 4.78 is 0. The number of nitrogens with zero attached hydrogens (tertiary/aromatic N) is 2. The molecule has 1 amide bonds. The summed E-state index contributed by atoms with van der Waals surface area (Å²) in [5, 5.41) is 12.2. The van der Waals surface area contributed by atoms with Gasteiger partial charge in [-0.05, 0) is 26.3 Å². The normalized spacial score (nSPS) is 27.2. The highest BCUT2D eigenvalue weighted by Gasteiger charge is 2.31. The third-order valence-electron chi connectivity index (χ3n) is 3.89. The lowest BCUT2D eigenvalue weighted by Gasteiger charge is -2.37. The Bertz CT molecular complexity index is 321. The van der Waals surface area contributed by atoms with E-state index >= 15 is 0 Å². The fourth-order valence-corrected chi connectivity index (χ4v) is 2.60. The van der Waals surface area contributed by atoms with Crippen LogP contribution in [-0.4, -0.2) is 71.6 Å². The maximum Gasteiger partial charge on any atom is 0.320 e. The summed E-state index contributed by atoms with van der Waals surface area (Å²) in [6, 6.07) is -0.486. The van der Waals surface area contributed by atoms with Crippen molar-refractivity contribution < 1.29 is 14.7 Å². The second-order valence-electron chi connectivity index (χ2n) is 5.02. The predicted octanol–water partition coefficient (Wildman–Crippen LogP) is -0.644. The molecule has 2 aliphatic heterocycles. The first-order chi connectivity index (χ1) is 8.59. The zero-order chi connectivity index (χ0) is 13.1. The lowest BCUT2D eigenvalue weighted by Crippen LogP contribution is -2.55. The number of carbonyl (C=O) groups excluding carboxylic acids is 1. The van der Waals surface area contributed by atoms with Crippen LogP contribution in [0.5, 0.6) is 0 Å². The molecule has 2 atom stereocenters. The smallest absolute Gasteiger partial charge is 0.320 e. The number of amides is 1. The van der Waals surface area contributed by atoms with E-state index in [1.165, 1.54) is 0 Å². The Balaban J connectivity index is 1.82. The Morgan fingerprint density at radius 3 is 2.44 bits per heavy atom. The maximum atomic E-state index is 12.1. The third kappa shape index (κ3) is 2.81. The molecule has 2 rings (SSSR count). The molecule has 102 valence electrons. The summed E-state index contributed by atoms with van der Waals surface area (Å²) in [7, 11) is 0. The van der Waals surface area contributed by atoms with Crippen molar-refractivity contribution in [1.82, 2.24) is 15.1 Å². The zero-order valence-electron chi connectivity index (χ0n) is 10.8. The topological polar surface area (TPSA) is 72.9 Å². The molecule has 0 aliphatic carbocycles. The summed E-state index contributed by atoms with van der Waals surface area (Å²) >= 11 is 0. The van der Waals surface area contributed by atoms with Crippen LogP contribution in [0.2, 0.25) is 0 Å². The highest BCUT2D eigenvalue weighted by Crippen LogP contribution is 2.12. The second-order valence-corrected chi connectivity index (χ2v) is 5.02. The lowest BCUT2D eigenvalue weighted by atomic mass is 10.1. The van der Waals surface area contributed by atoms with E-state index in [0.717, 1.165) is 19.4 Å². The number of nitrogens with one attached hydrogen (secondary N) is 1. The van der Waals surface area contributed by atoms with Crippen LogP contribution in [0.25, 0.3) is 0 Å². The molecule has 2 fully saturated rings. The van der Waals surface area contributed by atoms with Gasteiger partial charge >= 0.3 is 5.97 Å². The van der Waals surface area contributed by atoms with Crippen molar-refractivity contribution >= 4 is 11.9 Å². The quantitative estimate of drug-likeness (QED) is 0.701. The molecule has 0 spiro atoms. The van der Waals surface area contributed by atoms with Gasteiger partial charge in [0.15, 0.2) is 0 Å². The fourth-order valence-electron chi connectivity index (χ4n) is 2.60. The number of carbonyl (C=O) groups is 2. The van der Waals surface area contributed by atoms with Gasteiger partial charge in [0, 0.05) is 26.2 Å². The SMILES string of the molecule is CC(C(=O)O)N1CCN(C(=O)C2CCCN2)CC1. The first-order valence-electron chi connectivity index (χ1n) is 6.58. The lowest BCUT2D eigenvalue weighted by molar-refractivity contribution is -0.144. The van der Waals surface area contributed by atoms with E-state index in [9.17, 15) is 9.59 Å². The monoisotopic (exact) mass is 255 g/mol. The summed E-state index contributed by atoms with van der Waals surface area (Å²) in [6.07, 6.45) is 1.98. The van der Waals surface area contributed by atoms with E-state index in [2.05, 4.69) is 5.32 Å². The minimum absolute atomic E-state index is 0.0200. The van der Waals surface area contributed by atoms with Crippen molar-refractivity contribution in [2.75, 3.05) is 32.7 Å². The molecule has 0 aromatic carbocycles. The van der Waals surface area contributed by atoms with Crippen LogP contribution in [0.4, 0.5) is 0 Å². The number of hydrogen-bond acceptors (Lipinski definition) is 4. The second kappa shape index (κ2) is 5.67. The summed E-state index contributed by atoms with van der Waals surface area (Å²) in [6.45, 7) is 5.17. The van der Waals surface area contributed by atoms with Gasteiger partial charge in [-0.25, -0.2) is 0 Å². The predicted molar refractivity (Wildman–Crippen MR) is 66.3 cm³/mol. The molecule has 6 heteroatoms. The van der Waals surface area contributed by atoms with Crippen LogP contribution in [0.1, 0.15) is 19.8 Å². The number of carboxylic acids is 1. The van der Waals surface area contributed by atoms with Crippen molar-refractivity contribution in [2.45, 2.75) is 31.8 Å². The zero-order valence-corrected chi connectivity index (χ0v) is 10.8. The van der Waals surface area contributed by atoms with Crippen molar-refractivity contribution in [3.63, 3.8) is 0 Å². The molecular weight excluding hydrogens is 234 g/mol. The van der Waals surface area contributed by atoms with Crippen molar-refractivity contribution in [3.8, 4) is 0 Å². The van der Waals surface area contributed by atoms with Crippen molar-refractivity contribution in [3.05, 3.63) is 0 Å². The number of carboxylic acid groups (broad SMARTS) is 1. The van der Waals surface area contributed by atoms with Gasteiger partial charge in [0.05, 0.1) is 6.04 Å². The molecule has 0 bridgehead atoms. The van der Waals surface area contributed by atoms with E-state index < -0.39 is 12.0 Å². The molecule has 0 radical (unpaired) electrons. The van der Waals surface area contributed by atoms with Gasteiger partial charge in [0.2, 0.25) is 5.91 Å². The van der Waals surface area contributed by atoms with E-state index in [4.69, 9.17) is 5.11 Å². The van der Waals surface area contributed by atoms with Crippen LogP contribution in [0.15, 0.2) is 0 Å². The average Bonchev–Trinajstić information content (AvgIpc) is 2.91. The van der Waals surface area contributed by atoms with Crippen LogP contribution in [0, 0.1) is 0 Å². The van der Waals surface area contributed by atoms with Gasteiger partial charge in [-0.1, -0.05) is 0 Å². The molecule has 2 N–H and O–H groups in total. The highest BCUT2D eigenvalue weighted by molar-refractivity contribution is 5.82. The highest BCUT2D eigenvalue weighted by atomic mass is 16.4. The molecule has 0 aromatic rings. The Labute approximate surface area is 107 Å². The van der Waals surface area contributed by atoms with Crippen molar-refractivity contribution in [2.24, 2.45) is 0 Å². The Morgan fingerprint density at radius 1 is 1.28 bits per heavy atom. The van der Waals surface area contributed by atoms with E-state index in [0.29, 0.717) is 26.2 Å². The van der Waals surface area contributed by atoms with Crippen LogP contribution in [-0.2, 0) is 9.59 Å². The summed E-state index contributed by atoms with van der Waals surface area (Å²) in [5.41, 5.74) is 0. The number of rotatable bonds is 3.